The van der Waals surface area contributed by atoms with Crippen LogP contribution >= 0.6 is 0 Å². The number of esters is 1. The molecule has 8 nitrogen and oxygen atoms in total. The van der Waals surface area contributed by atoms with Crippen LogP contribution in [0.4, 0.5) is 14.7 Å². The molecule has 3 heterocycles. The molecule has 2 N–H and O–H groups in total. The summed E-state index contributed by atoms with van der Waals surface area (Å²) < 4.78 is 38.5. The number of carbonyl (C=O) groups is 1. The van der Waals surface area contributed by atoms with Crippen molar-refractivity contribution in [2.24, 2.45) is 12.8 Å². The third-order valence-corrected chi connectivity index (χ3v) is 7.05. The van der Waals surface area contributed by atoms with Crippen molar-refractivity contribution in [1.29, 1.82) is 0 Å². The second-order valence-electron chi connectivity index (χ2n) is 9.50. The summed E-state index contributed by atoms with van der Waals surface area (Å²) >= 11 is 0. The molecule has 1 aliphatic heterocycles. The Labute approximate surface area is 212 Å². The fourth-order valence-electron chi connectivity index (χ4n) is 5.15. The maximum Gasteiger partial charge on any atom is 0.344 e. The zero-order valence-electron chi connectivity index (χ0n) is 21.1. The molecule has 37 heavy (non-hydrogen) atoms. The number of anilines is 1. The zero-order valence-corrected chi connectivity index (χ0v) is 21.1. The standard InChI is InChI=1S/C27H29F2N5O3/c1-4-37-26(36)20-19(28)12-18-22-24(25(35)32(3)23(18)21(20)29)34(13-16-9-6-5-8-15(16)2)27(31-22)33-11-7-10-17(30)14-33/h5-6,8-9,12,17H,4,7,10-11,13-14,30H2,1-3H3/t17-/m1/s1. The van der Waals surface area contributed by atoms with Crippen LogP contribution < -0.4 is 16.2 Å². The van der Waals surface area contributed by atoms with Crippen LogP contribution in [0, 0.1) is 18.6 Å². The van der Waals surface area contributed by atoms with Gasteiger partial charge in [-0.2, -0.15) is 0 Å². The SMILES string of the molecule is CCOC(=O)c1c(F)cc2c3nc(N4CCC[C@@H](N)C4)n(Cc4ccccc4C)c3c(=O)n(C)c2c1F. The number of fused-ring (bicyclic) bond motifs is 3. The molecule has 0 amide bonds. The smallest absolute Gasteiger partial charge is 0.344 e. The molecule has 1 aliphatic rings. The van der Waals surface area contributed by atoms with Crippen molar-refractivity contribution >= 4 is 33.9 Å². The Morgan fingerprint density at radius 1 is 1.24 bits per heavy atom. The number of aromatic nitrogens is 3. The van der Waals surface area contributed by atoms with E-state index < -0.39 is 28.7 Å². The Hall–Kier alpha value is -3.79. The van der Waals surface area contributed by atoms with Crippen molar-refractivity contribution in [3.63, 3.8) is 0 Å². The fourth-order valence-corrected chi connectivity index (χ4v) is 5.15. The van der Waals surface area contributed by atoms with Crippen LogP contribution in [0.2, 0.25) is 0 Å². The van der Waals surface area contributed by atoms with Gasteiger partial charge in [0.15, 0.2) is 5.82 Å². The first-order valence-electron chi connectivity index (χ1n) is 12.4. The van der Waals surface area contributed by atoms with Crippen molar-refractivity contribution < 1.29 is 18.3 Å². The summed E-state index contributed by atoms with van der Waals surface area (Å²) in [7, 11) is 1.40. The zero-order chi connectivity index (χ0) is 26.4. The van der Waals surface area contributed by atoms with Crippen molar-refractivity contribution in [2.45, 2.75) is 39.3 Å². The van der Waals surface area contributed by atoms with Gasteiger partial charge in [-0.15, -0.1) is 0 Å². The number of hydrogen-bond acceptors (Lipinski definition) is 6. The summed E-state index contributed by atoms with van der Waals surface area (Å²) in [5.41, 5.74) is 7.15. The molecule has 0 radical (unpaired) electrons. The lowest BCUT2D eigenvalue weighted by atomic mass is 10.1. The van der Waals surface area contributed by atoms with Crippen molar-refractivity contribution in [1.82, 2.24) is 14.1 Å². The number of benzene rings is 2. The van der Waals surface area contributed by atoms with E-state index in [9.17, 15) is 9.59 Å². The number of hydrogen-bond donors (Lipinski definition) is 1. The molecule has 2 aromatic heterocycles. The van der Waals surface area contributed by atoms with Crippen LogP contribution in [0.5, 0.6) is 0 Å². The lowest BCUT2D eigenvalue weighted by Crippen LogP contribution is -2.44. The molecule has 0 saturated carbocycles. The summed E-state index contributed by atoms with van der Waals surface area (Å²) in [5, 5.41) is 0.103. The molecule has 5 rings (SSSR count). The molecular weight excluding hydrogens is 480 g/mol. The molecule has 2 aromatic carbocycles. The number of ether oxygens (including phenoxy) is 1. The number of halogens is 2. The highest BCUT2D eigenvalue weighted by Crippen LogP contribution is 2.32. The van der Waals surface area contributed by atoms with Crippen LogP contribution in [0.1, 0.15) is 41.3 Å². The van der Waals surface area contributed by atoms with Gasteiger partial charge in [-0.25, -0.2) is 18.6 Å². The molecule has 194 valence electrons. The quantitative estimate of drug-likeness (QED) is 0.413. The second kappa shape index (κ2) is 9.59. The average molecular weight is 510 g/mol. The van der Waals surface area contributed by atoms with E-state index in [-0.39, 0.29) is 34.6 Å². The number of aryl methyl sites for hydroxylation is 2. The van der Waals surface area contributed by atoms with Gasteiger partial charge < -0.3 is 24.5 Å². The highest BCUT2D eigenvalue weighted by atomic mass is 19.1. The Balaban J connectivity index is 1.84. The molecule has 0 aliphatic carbocycles. The van der Waals surface area contributed by atoms with Gasteiger partial charge in [0.05, 0.1) is 18.7 Å². The molecule has 1 atom stereocenters. The molecule has 1 fully saturated rings. The Morgan fingerprint density at radius 2 is 2.00 bits per heavy atom. The summed E-state index contributed by atoms with van der Waals surface area (Å²) in [4.78, 5) is 32.8. The molecule has 4 aromatic rings. The minimum atomic E-state index is -1.15. The first-order chi connectivity index (χ1) is 17.7. The number of rotatable bonds is 5. The van der Waals surface area contributed by atoms with E-state index in [4.69, 9.17) is 15.5 Å². The summed E-state index contributed by atoms with van der Waals surface area (Å²) in [6.07, 6.45) is 1.74. The van der Waals surface area contributed by atoms with Gasteiger partial charge in [-0.05, 0) is 43.9 Å². The van der Waals surface area contributed by atoms with Crippen molar-refractivity contribution in [2.75, 3.05) is 24.6 Å². The maximum absolute atomic E-state index is 15.6. The lowest BCUT2D eigenvalue weighted by molar-refractivity contribution is 0.0515. The third kappa shape index (κ3) is 4.15. The maximum atomic E-state index is 15.6. The predicted octanol–water partition coefficient (Wildman–Crippen LogP) is 3.63. The largest absolute Gasteiger partial charge is 0.462 e. The van der Waals surface area contributed by atoms with Gasteiger partial charge in [-0.3, -0.25) is 4.79 Å². The van der Waals surface area contributed by atoms with E-state index in [0.717, 1.165) is 34.6 Å². The van der Waals surface area contributed by atoms with Gasteiger partial charge in [0.25, 0.3) is 5.56 Å². The molecule has 0 unspecified atom stereocenters. The van der Waals surface area contributed by atoms with E-state index in [2.05, 4.69) is 0 Å². The molecule has 0 spiro atoms. The molecule has 1 saturated heterocycles. The highest BCUT2D eigenvalue weighted by molar-refractivity contribution is 6.06. The van der Waals surface area contributed by atoms with Crippen molar-refractivity contribution in [3.05, 3.63) is 69.0 Å². The van der Waals surface area contributed by atoms with Crippen LogP contribution in [-0.4, -0.2) is 45.8 Å². The predicted molar refractivity (Wildman–Crippen MR) is 138 cm³/mol. The monoisotopic (exact) mass is 509 g/mol. The number of nitrogens with two attached hydrogens (primary N) is 1. The average Bonchev–Trinajstić information content (AvgIpc) is 3.23. The highest BCUT2D eigenvalue weighted by Gasteiger charge is 2.29. The topological polar surface area (TPSA) is 95.4 Å². The first kappa shape index (κ1) is 24.9. The van der Waals surface area contributed by atoms with Gasteiger partial charge in [0.2, 0.25) is 5.95 Å². The number of pyridine rings is 1. The minimum absolute atomic E-state index is 0.0433. The van der Waals surface area contributed by atoms with Gasteiger partial charge >= 0.3 is 5.97 Å². The number of carbonyl (C=O) groups excluding carboxylic acids is 1. The molecule has 10 heteroatoms. The van der Waals surface area contributed by atoms with E-state index >= 15 is 8.78 Å². The number of nitrogens with zero attached hydrogens (tertiary/aromatic N) is 4. The van der Waals surface area contributed by atoms with E-state index in [1.165, 1.54) is 7.05 Å². The van der Waals surface area contributed by atoms with E-state index in [1.54, 1.807) is 6.92 Å². The summed E-state index contributed by atoms with van der Waals surface area (Å²) in [5.74, 6) is -2.82. The van der Waals surface area contributed by atoms with E-state index in [1.807, 2.05) is 40.7 Å². The van der Waals surface area contributed by atoms with Crippen LogP contribution in [0.15, 0.2) is 35.1 Å². The van der Waals surface area contributed by atoms with Gasteiger partial charge in [0.1, 0.15) is 22.4 Å². The van der Waals surface area contributed by atoms with Crippen LogP contribution in [0.3, 0.4) is 0 Å². The Bertz CT molecular complexity index is 1590. The lowest BCUT2D eigenvalue weighted by Gasteiger charge is -2.32. The van der Waals surface area contributed by atoms with Gasteiger partial charge in [0, 0.05) is 31.6 Å². The second-order valence-corrected chi connectivity index (χ2v) is 9.50. The Morgan fingerprint density at radius 3 is 2.70 bits per heavy atom. The van der Waals surface area contributed by atoms with E-state index in [0.29, 0.717) is 25.6 Å². The Kier molecular flexibility index (Phi) is 6.45. The summed E-state index contributed by atoms with van der Waals surface area (Å²) in [6, 6.07) is 8.83. The van der Waals surface area contributed by atoms with Crippen molar-refractivity contribution in [3.8, 4) is 0 Å². The first-order valence-corrected chi connectivity index (χ1v) is 12.4. The number of piperidine rings is 1. The number of imidazole rings is 1. The van der Waals surface area contributed by atoms with Crippen LogP contribution in [0.25, 0.3) is 21.9 Å². The minimum Gasteiger partial charge on any atom is -0.462 e. The fraction of sp³-hybridized carbons (Fsp3) is 0.370. The summed E-state index contributed by atoms with van der Waals surface area (Å²) in [6.45, 7) is 5.07. The molecular formula is C27H29F2N5O3. The normalized spacial score (nSPS) is 16.1. The molecule has 0 bridgehead atoms. The van der Waals surface area contributed by atoms with Gasteiger partial charge in [-0.1, -0.05) is 24.3 Å². The third-order valence-electron chi connectivity index (χ3n) is 7.05. The van der Waals surface area contributed by atoms with Crippen LogP contribution in [-0.2, 0) is 18.3 Å².